The van der Waals surface area contributed by atoms with Crippen molar-refractivity contribution in [1.29, 1.82) is 0 Å². The fourth-order valence-corrected chi connectivity index (χ4v) is 4.47. The summed E-state index contributed by atoms with van der Waals surface area (Å²) < 4.78 is 49.2. The summed E-state index contributed by atoms with van der Waals surface area (Å²) in [5.41, 5.74) is 3.54. The van der Waals surface area contributed by atoms with Gasteiger partial charge in [-0.05, 0) is 47.0 Å². The smallest absolute Gasteiger partial charge is 0.175 e. The Morgan fingerprint density at radius 2 is 1.48 bits per heavy atom. The van der Waals surface area contributed by atoms with Crippen LogP contribution in [-0.2, 0) is 19.7 Å². The lowest BCUT2D eigenvalue weighted by atomic mass is 9.96. The van der Waals surface area contributed by atoms with Crippen LogP contribution in [0.15, 0.2) is 76.9 Å². The zero-order chi connectivity index (χ0) is 20.8. The summed E-state index contributed by atoms with van der Waals surface area (Å²) in [4.78, 5) is 4.77. The Balaban J connectivity index is 1.98. The van der Waals surface area contributed by atoms with Gasteiger partial charge in [0.15, 0.2) is 25.3 Å². The van der Waals surface area contributed by atoms with Crippen LogP contribution in [0.2, 0.25) is 0 Å². The molecule has 4 aromatic rings. The van der Waals surface area contributed by atoms with Crippen molar-refractivity contribution >= 4 is 25.3 Å². The largest absolute Gasteiger partial charge is 0.224 e. The second-order valence-electron chi connectivity index (χ2n) is 6.73. The summed E-state index contributed by atoms with van der Waals surface area (Å²) in [5, 5.41) is 4.17. The Morgan fingerprint density at radius 3 is 2.14 bits per heavy atom. The molecule has 0 atom stereocenters. The van der Waals surface area contributed by atoms with E-state index in [-0.39, 0.29) is 9.79 Å². The van der Waals surface area contributed by atoms with E-state index >= 15 is 0 Å². The highest BCUT2D eigenvalue weighted by Gasteiger charge is 2.17. The third-order valence-electron chi connectivity index (χ3n) is 4.59. The predicted molar refractivity (Wildman–Crippen MR) is 110 cm³/mol. The molecule has 0 fully saturated rings. The van der Waals surface area contributed by atoms with Gasteiger partial charge in [-0.2, -0.15) is 5.10 Å². The minimum atomic E-state index is -3.36. The third-order valence-corrected chi connectivity index (χ3v) is 6.83. The zero-order valence-corrected chi connectivity index (χ0v) is 17.3. The number of hydrogen-bond donors (Lipinski definition) is 0. The van der Waals surface area contributed by atoms with Crippen molar-refractivity contribution in [3.8, 4) is 22.3 Å². The Morgan fingerprint density at radius 1 is 0.793 bits per heavy atom. The van der Waals surface area contributed by atoms with E-state index in [1.807, 2.05) is 12.1 Å². The van der Waals surface area contributed by atoms with Crippen LogP contribution in [-0.4, -0.2) is 43.9 Å². The van der Waals surface area contributed by atoms with Crippen molar-refractivity contribution in [3.05, 3.63) is 67.1 Å². The molecule has 7 nitrogen and oxygen atoms in total. The molecule has 0 amide bonds. The van der Waals surface area contributed by atoms with Crippen molar-refractivity contribution in [1.82, 2.24) is 14.6 Å². The third kappa shape index (κ3) is 3.66. The van der Waals surface area contributed by atoms with Crippen LogP contribution in [0.25, 0.3) is 27.9 Å². The fraction of sp³-hybridized carbons (Fsp3) is 0.100. The predicted octanol–water partition coefficient (Wildman–Crippen LogP) is 2.87. The average molecular weight is 428 g/mol. The van der Waals surface area contributed by atoms with Crippen molar-refractivity contribution in [3.63, 3.8) is 0 Å². The van der Waals surface area contributed by atoms with E-state index in [2.05, 4.69) is 10.1 Å². The first kappa shape index (κ1) is 19.3. The van der Waals surface area contributed by atoms with Crippen molar-refractivity contribution in [2.75, 3.05) is 12.5 Å². The lowest BCUT2D eigenvalue weighted by Crippen LogP contribution is -1.99. The maximum Gasteiger partial charge on any atom is 0.175 e. The minimum Gasteiger partial charge on any atom is -0.224 e. The molecule has 2 aromatic heterocycles. The minimum absolute atomic E-state index is 0.217. The van der Waals surface area contributed by atoms with E-state index < -0.39 is 19.7 Å². The normalized spacial score (nSPS) is 12.3. The number of fused-ring (bicyclic) bond motifs is 1. The molecule has 0 saturated heterocycles. The molecule has 0 aliphatic rings. The Hall–Kier alpha value is -3.04. The Labute approximate surface area is 168 Å². The summed E-state index contributed by atoms with van der Waals surface area (Å²) in [6.45, 7) is 0. The van der Waals surface area contributed by atoms with E-state index in [0.29, 0.717) is 11.2 Å². The standard InChI is InChI=1S/C20H17N3O4S2/c1-28(24,25)16-8-6-14(7-9-16)19-18(10-11-23-20(19)21-13-22-23)15-4-3-5-17(12-15)29(2,26)27/h3-13H,1-2H3. The van der Waals surface area contributed by atoms with Crippen molar-refractivity contribution in [2.45, 2.75) is 9.79 Å². The number of benzene rings is 2. The SMILES string of the molecule is CS(=O)(=O)c1ccc(-c2c(-c3cccc(S(C)(=O)=O)c3)ccn3ncnc23)cc1. The first-order chi connectivity index (χ1) is 13.6. The first-order valence-electron chi connectivity index (χ1n) is 8.58. The van der Waals surface area contributed by atoms with Gasteiger partial charge in [0.1, 0.15) is 6.33 Å². The van der Waals surface area contributed by atoms with Gasteiger partial charge < -0.3 is 0 Å². The number of hydrogen-bond acceptors (Lipinski definition) is 6. The first-order valence-corrected chi connectivity index (χ1v) is 12.4. The molecule has 0 aliphatic heterocycles. The van der Waals surface area contributed by atoms with Gasteiger partial charge in [0, 0.05) is 24.3 Å². The molecule has 0 spiro atoms. The van der Waals surface area contributed by atoms with E-state index in [9.17, 15) is 16.8 Å². The summed E-state index contributed by atoms with van der Waals surface area (Å²) in [7, 11) is -6.68. The Bertz CT molecular complexity index is 1440. The Kier molecular flexibility index (Phi) is 4.51. The second kappa shape index (κ2) is 6.78. The molecule has 4 rings (SSSR count). The van der Waals surface area contributed by atoms with E-state index in [1.165, 1.54) is 12.6 Å². The molecule has 148 valence electrons. The molecular weight excluding hydrogens is 410 g/mol. The van der Waals surface area contributed by atoms with Crippen LogP contribution in [0, 0.1) is 0 Å². The lowest BCUT2D eigenvalue weighted by molar-refractivity contribution is 0.600. The highest BCUT2D eigenvalue weighted by Crippen LogP contribution is 2.35. The van der Waals surface area contributed by atoms with Gasteiger partial charge in [-0.1, -0.05) is 24.3 Å². The molecular formula is C20H17N3O4S2. The van der Waals surface area contributed by atoms with Crippen LogP contribution in [0.1, 0.15) is 0 Å². The van der Waals surface area contributed by atoms with Crippen LogP contribution >= 0.6 is 0 Å². The monoisotopic (exact) mass is 427 g/mol. The number of nitrogens with zero attached hydrogens (tertiary/aromatic N) is 3. The van der Waals surface area contributed by atoms with E-state index in [0.717, 1.165) is 22.9 Å². The molecule has 9 heteroatoms. The number of pyridine rings is 1. The number of rotatable bonds is 4. The molecule has 0 aliphatic carbocycles. The second-order valence-corrected chi connectivity index (χ2v) is 10.8. The summed E-state index contributed by atoms with van der Waals surface area (Å²) in [6, 6.07) is 15.0. The topological polar surface area (TPSA) is 98.5 Å². The van der Waals surface area contributed by atoms with Gasteiger partial charge in [-0.15, -0.1) is 0 Å². The summed E-state index contributed by atoms with van der Waals surface area (Å²) in [5.74, 6) is 0. The van der Waals surface area contributed by atoms with E-state index in [4.69, 9.17) is 0 Å². The fourth-order valence-electron chi connectivity index (χ4n) is 3.18. The molecule has 0 saturated carbocycles. The van der Waals surface area contributed by atoms with Crippen molar-refractivity contribution < 1.29 is 16.8 Å². The lowest BCUT2D eigenvalue weighted by Gasteiger charge is -2.13. The highest BCUT2D eigenvalue weighted by atomic mass is 32.2. The van der Waals surface area contributed by atoms with Gasteiger partial charge in [-0.25, -0.2) is 26.3 Å². The molecule has 2 heterocycles. The number of aromatic nitrogens is 3. The molecule has 2 aromatic carbocycles. The molecule has 0 radical (unpaired) electrons. The van der Waals surface area contributed by atoms with Crippen molar-refractivity contribution in [2.24, 2.45) is 0 Å². The number of sulfone groups is 2. The van der Waals surface area contributed by atoms with Gasteiger partial charge in [0.2, 0.25) is 0 Å². The molecule has 29 heavy (non-hydrogen) atoms. The molecule has 0 N–H and O–H groups in total. The maximum absolute atomic E-state index is 12.0. The van der Waals surface area contributed by atoms with Gasteiger partial charge in [0.25, 0.3) is 0 Å². The molecule has 0 unspecified atom stereocenters. The van der Waals surface area contributed by atoms with Gasteiger partial charge >= 0.3 is 0 Å². The van der Waals surface area contributed by atoms with Crippen LogP contribution in [0.4, 0.5) is 0 Å². The van der Waals surface area contributed by atoms with Crippen LogP contribution in [0.5, 0.6) is 0 Å². The van der Waals surface area contributed by atoms with Gasteiger partial charge in [-0.3, -0.25) is 0 Å². The summed E-state index contributed by atoms with van der Waals surface area (Å²) >= 11 is 0. The maximum atomic E-state index is 12.0. The average Bonchev–Trinajstić information content (AvgIpc) is 3.15. The van der Waals surface area contributed by atoms with E-state index in [1.54, 1.807) is 53.2 Å². The quantitative estimate of drug-likeness (QED) is 0.497. The zero-order valence-electron chi connectivity index (χ0n) is 15.6. The van der Waals surface area contributed by atoms with Gasteiger partial charge in [0.05, 0.1) is 9.79 Å². The molecule has 0 bridgehead atoms. The summed E-state index contributed by atoms with van der Waals surface area (Å²) in [6.07, 6.45) is 5.50. The highest BCUT2D eigenvalue weighted by molar-refractivity contribution is 7.91. The van der Waals surface area contributed by atoms with Crippen LogP contribution < -0.4 is 0 Å². The van der Waals surface area contributed by atoms with Crippen LogP contribution in [0.3, 0.4) is 0 Å².